The van der Waals surface area contributed by atoms with E-state index >= 15 is 0 Å². The van der Waals surface area contributed by atoms with Crippen LogP contribution in [0.25, 0.3) is 22.0 Å². The lowest BCUT2D eigenvalue weighted by Gasteiger charge is -2.09. The summed E-state index contributed by atoms with van der Waals surface area (Å²) in [5, 5.41) is 7.67. The highest BCUT2D eigenvalue weighted by atomic mass is 32.2. The molecule has 0 saturated heterocycles. The molecule has 4 rings (SSSR count). The first kappa shape index (κ1) is 15.3. The predicted molar refractivity (Wildman–Crippen MR) is 96.6 cm³/mol. The van der Waals surface area contributed by atoms with E-state index < -0.39 is 10.0 Å². The molecule has 25 heavy (non-hydrogen) atoms. The SMILES string of the molecule is O=S(=O)(Nc1ccc2cn[nH]c2c1)c1ccc(-c2cccnc2)cc1. The zero-order chi connectivity index (χ0) is 17.3. The van der Waals surface area contributed by atoms with Gasteiger partial charge >= 0.3 is 0 Å². The number of aromatic nitrogens is 3. The molecule has 0 spiro atoms. The molecule has 0 saturated carbocycles. The maximum atomic E-state index is 12.6. The predicted octanol–water partition coefficient (Wildman–Crippen LogP) is 3.43. The number of fused-ring (bicyclic) bond motifs is 1. The molecule has 0 aliphatic rings. The van der Waals surface area contributed by atoms with E-state index in [4.69, 9.17) is 0 Å². The molecule has 124 valence electrons. The lowest BCUT2D eigenvalue weighted by Crippen LogP contribution is -2.12. The number of nitrogens with zero attached hydrogens (tertiary/aromatic N) is 2. The van der Waals surface area contributed by atoms with Gasteiger partial charge in [-0.1, -0.05) is 18.2 Å². The zero-order valence-corrected chi connectivity index (χ0v) is 13.9. The summed E-state index contributed by atoms with van der Waals surface area (Å²) in [7, 11) is -3.66. The van der Waals surface area contributed by atoms with Gasteiger partial charge in [0.2, 0.25) is 0 Å². The number of sulfonamides is 1. The Morgan fingerprint density at radius 1 is 0.920 bits per heavy atom. The summed E-state index contributed by atoms with van der Waals surface area (Å²) < 4.78 is 27.7. The zero-order valence-electron chi connectivity index (χ0n) is 13.0. The molecule has 0 aliphatic carbocycles. The van der Waals surface area contributed by atoms with Crippen LogP contribution in [0.3, 0.4) is 0 Å². The lowest BCUT2D eigenvalue weighted by atomic mass is 10.1. The molecule has 6 nitrogen and oxygen atoms in total. The van der Waals surface area contributed by atoms with Crippen molar-refractivity contribution in [1.29, 1.82) is 0 Å². The van der Waals surface area contributed by atoms with Crippen molar-refractivity contribution in [2.75, 3.05) is 4.72 Å². The van der Waals surface area contributed by atoms with E-state index in [0.29, 0.717) is 5.69 Å². The standard InChI is InChI=1S/C18H14N4O2S/c23-25(24,22-16-6-3-15-12-20-21-18(15)10-16)17-7-4-13(5-8-17)14-2-1-9-19-11-14/h1-12,22H,(H,20,21). The van der Waals surface area contributed by atoms with E-state index in [1.807, 2.05) is 18.2 Å². The van der Waals surface area contributed by atoms with Crippen molar-refractivity contribution in [3.63, 3.8) is 0 Å². The minimum Gasteiger partial charge on any atom is -0.280 e. The third-order valence-electron chi connectivity index (χ3n) is 3.85. The molecule has 0 amide bonds. The molecular formula is C18H14N4O2S. The van der Waals surface area contributed by atoms with Crippen LogP contribution >= 0.6 is 0 Å². The van der Waals surface area contributed by atoms with Crippen LogP contribution in [0.15, 0.2) is 78.1 Å². The normalized spacial score (nSPS) is 11.5. The van der Waals surface area contributed by atoms with Gasteiger partial charge in [0, 0.05) is 17.8 Å². The second kappa shape index (κ2) is 6.03. The summed E-state index contributed by atoms with van der Waals surface area (Å²) >= 11 is 0. The highest BCUT2D eigenvalue weighted by molar-refractivity contribution is 7.92. The number of benzene rings is 2. The molecule has 0 radical (unpaired) electrons. The molecule has 4 aromatic rings. The molecule has 0 atom stereocenters. The number of anilines is 1. The molecular weight excluding hydrogens is 336 g/mol. The van der Waals surface area contributed by atoms with Crippen LogP contribution in [0, 0.1) is 0 Å². The minimum atomic E-state index is -3.66. The van der Waals surface area contributed by atoms with Gasteiger partial charge in [-0.05, 0) is 47.5 Å². The van der Waals surface area contributed by atoms with Crippen LogP contribution in [0.4, 0.5) is 5.69 Å². The molecule has 0 unspecified atom stereocenters. The number of H-pyrrole nitrogens is 1. The van der Waals surface area contributed by atoms with Gasteiger partial charge in [0.25, 0.3) is 10.0 Å². The summed E-state index contributed by atoms with van der Waals surface area (Å²) in [5.41, 5.74) is 3.09. The topological polar surface area (TPSA) is 87.7 Å². The number of hydrogen-bond acceptors (Lipinski definition) is 4. The van der Waals surface area contributed by atoms with E-state index in [2.05, 4.69) is 19.9 Å². The molecule has 0 aliphatic heterocycles. The molecule has 2 aromatic carbocycles. The maximum Gasteiger partial charge on any atom is 0.261 e. The fourth-order valence-corrected chi connectivity index (χ4v) is 3.62. The Labute approximate surface area is 144 Å². The average Bonchev–Trinajstić information content (AvgIpc) is 3.10. The van der Waals surface area contributed by atoms with Crippen molar-refractivity contribution in [3.8, 4) is 11.1 Å². The Morgan fingerprint density at radius 3 is 2.52 bits per heavy atom. The Morgan fingerprint density at radius 2 is 1.76 bits per heavy atom. The van der Waals surface area contributed by atoms with Crippen molar-refractivity contribution >= 4 is 26.6 Å². The third-order valence-corrected chi connectivity index (χ3v) is 5.25. The van der Waals surface area contributed by atoms with Crippen LogP contribution < -0.4 is 4.72 Å². The van der Waals surface area contributed by atoms with E-state index in [0.717, 1.165) is 22.0 Å². The van der Waals surface area contributed by atoms with Gasteiger partial charge in [0.15, 0.2) is 0 Å². The van der Waals surface area contributed by atoms with E-state index in [9.17, 15) is 8.42 Å². The van der Waals surface area contributed by atoms with Crippen LogP contribution in [-0.4, -0.2) is 23.6 Å². The first-order valence-corrected chi connectivity index (χ1v) is 9.07. The molecule has 0 fully saturated rings. The number of hydrogen-bond donors (Lipinski definition) is 2. The van der Waals surface area contributed by atoms with Gasteiger partial charge in [0.05, 0.1) is 22.3 Å². The summed E-state index contributed by atoms with van der Waals surface area (Å²) in [6, 6.07) is 15.7. The van der Waals surface area contributed by atoms with Crippen LogP contribution in [0.5, 0.6) is 0 Å². The summed E-state index contributed by atoms with van der Waals surface area (Å²) in [6.45, 7) is 0. The summed E-state index contributed by atoms with van der Waals surface area (Å²) in [4.78, 5) is 4.27. The smallest absolute Gasteiger partial charge is 0.261 e. The van der Waals surface area contributed by atoms with Gasteiger partial charge < -0.3 is 0 Å². The highest BCUT2D eigenvalue weighted by Gasteiger charge is 2.14. The second-order valence-corrected chi connectivity index (χ2v) is 7.23. The fraction of sp³-hybridized carbons (Fsp3) is 0. The van der Waals surface area contributed by atoms with Gasteiger partial charge in [-0.3, -0.25) is 14.8 Å². The number of pyridine rings is 1. The Balaban J connectivity index is 1.61. The van der Waals surface area contributed by atoms with Crippen molar-refractivity contribution in [3.05, 3.63) is 73.2 Å². The van der Waals surface area contributed by atoms with Gasteiger partial charge in [-0.15, -0.1) is 0 Å². The largest absolute Gasteiger partial charge is 0.280 e. The fourth-order valence-electron chi connectivity index (χ4n) is 2.57. The van der Waals surface area contributed by atoms with E-state index in [1.165, 1.54) is 0 Å². The summed E-state index contributed by atoms with van der Waals surface area (Å²) in [6.07, 6.45) is 5.12. The Bertz CT molecular complexity index is 1120. The monoisotopic (exact) mass is 350 g/mol. The Kier molecular flexibility index (Phi) is 3.70. The second-order valence-electron chi connectivity index (χ2n) is 5.54. The van der Waals surface area contributed by atoms with Crippen molar-refractivity contribution in [1.82, 2.24) is 15.2 Å². The number of rotatable bonds is 4. The van der Waals surface area contributed by atoms with E-state index in [1.54, 1.807) is 55.0 Å². The van der Waals surface area contributed by atoms with Crippen molar-refractivity contribution < 1.29 is 8.42 Å². The quantitative estimate of drug-likeness (QED) is 0.590. The van der Waals surface area contributed by atoms with Gasteiger partial charge in [0.1, 0.15) is 0 Å². The molecule has 0 bridgehead atoms. The van der Waals surface area contributed by atoms with E-state index in [-0.39, 0.29) is 4.90 Å². The number of aromatic amines is 1. The van der Waals surface area contributed by atoms with Crippen LogP contribution in [0.2, 0.25) is 0 Å². The summed E-state index contributed by atoms with van der Waals surface area (Å²) in [5.74, 6) is 0. The van der Waals surface area contributed by atoms with Gasteiger partial charge in [-0.2, -0.15) is 5.10 Å². The minimum absolute atomic E-state index is 0.199. The number of nitrogens with one attached hydrogen (secondary N) is 2. The highest BCUT2D eigenvalue weighted by Crippen LogP contribution is 2.23. The van der Waals surface area contributed by atoms with Crippen molar-refractivity contribution in [2.24, 2.45) is 0 Å². The first-order chi connectivity index (χ1) is 12.1. The molecule has 2 aromatic heterocycles. The van der Waals surface area contributed by atoms with Crippen LogP contribution in [0.1, 0.15) is 0 Å². The maximum absolute atomic E-state index is 12.6. The Hall–Kier alpha value is -3.19. The average molecular weight is 350 g/mol. The molecule has 2 heterocycles. The van der Waals surface area contributed by atoms with Crippen LogP contribution in [-0.2, 0) is 10.0 Å². The molecule has 7 heteroatoms. The van der Waals surface area contributed by atoms with Gasteiger partial charge in [-0.25, -0.2) is 8.42 Å². The molecule has 2 N–H and O–H groups in total. The van der Waals surface area contributed by atoms with Crippen molar-refractivity contribution in [2.45, 2.75) is 4.90 Å². The third kappa shape index (κ3) is 3.09. The lowest BCUT2D eigenvalue weighted by molar-refractivity contribution is 0.601. The first-order valence-electron chi connectivity index (χ1n) is 7.58.